The van der Waals surface area contributed by atoms with E-state index in [9.17, 15) is 22.8 Å². The topological polar surface area (TPSA) is 87.0 Å². The minimum atomic E-state index is -4.42. The van der Waals surface area contributed by atoms with Gasteiger partial charge in [-0.15, -0.1) is 0 Å². The predicted molar refractivity (Wildman–Crippen MR) is 84.5 cm³/mol. The molecule has 1 aromatic heterocycles. The monoisotopic (exact) mass is 351 g/mol. The molecule has 6 nitrogen and oxygen atoms in total. The number of carbonyl (C=O) groups is 1. The van der Waals surface area contributed by atoms with Crippen LogP contribution in [0.5, 0.6) is 5.75 Å². The Bertz CT molecular complexity index is 958. The second kappa shape index (κ2) is 6.34. The number of hydrogen-bond donors (Lipinski definition) is 3. The molecule has 0 aliphatic heterocycles. The number of alkyl halides is 3. The highest BCUT2D eigenvalue weighted by Crippen LogP contribution is 2.30. The molecular weight excluding hydrogens is 339 g/mol. The number of hydrogen-bond acceptors (Lipinski definition) is 3. The van der Waals surface area contributed by atoms with Crippen molar-refractivity contribution in [2.75, 3.05) is 11.9 Å². The summed E-state index contributed by atoms with van der Waals surface area (Å²) in [5.41, 5.74) is 0.432. The lowest BCUT2D eigenvalue weighted by atomic mass is 10.2. The van der Waals surface area contributed by atoms with Crippen LogP contribution >= 0.6 is 0 Å². The summed E-state index contributed by atoms with van der Waals surface area (Å²) in [7, 11) is 0. The summed E-state index contributed by atoms with van der Waals surface area (Å²) >= 11 is 0. The number of nitrogens with one attached hydrogen (secondary N) is 3. The van der Waals surface area contributed by atoms with E-state index in [-0.39, 0.29) is 18.0 Å². The summed E-state index contributed by atoms with van der Waals surface area (Å²) in [6, 6.07) is 8.84. The molecule has 0 bridgehead atoms. The molecule has 130 valence electrons. The minimum absolute atomic E-state index is 0.147. The fourth-order valence-electron chi connectivity index (χ4n) is 2.20. The molecule has 0 fully saturated rings. The summed E-state index contributed by atoms with van der Waals surface area (Å²) in [6.07, 6.45) is -4.42. The molecule has 0 unspecified atom stereocenters. The van der Waals surface area contributed by atoms with Crippen LogP contribution in [0, 0.1) is 0 Å². The van der Waals surface area contributed by atoms with E-state index in [0.29, 0.717) is 16.7 Å². The molecule has 2 aromatic carbocycles. The molecule has 0 radical (unpaired) electrons. The van der Waals surface area contributed by atoms with Crippen molar-refractivity contribution in [3.63, 3.8) is 0 Å². The summed E-state index contributed by atoms with van der Waals surface area (Å²) in [6.45, 7) is -0.368. The largest absolute Gasteiger partial charge is 0.484 e. The third-order valence-electron chi connectivity index (χ3n) is 3.35. The number of carbonyl (C=O) groups excluding carboxylic acids is 1. The zero-order valence-electron chi connectivity index (χ0n) is 12.6. The molecule has 0 saturated carbocycles. The first kappa shape index (κ1) is 16.6. The van der Waals surface area contributed by atoms with Gasteiger partial charge in [-0.25, -0.2) is 4.79 Å². The molecule has 25 heavy (non-hydrogen) atoms. The molecule has 3 aromatic rings. The Morgan fingerprint density at radius 3 is 2.40 bits per heavy atom. The Morgan fingerprint density at radius 1 is 1.04 bits per heavy atom. The lowest BCUT2D eigenvalue weighted by molar-refractivity contribution is -0.137. The van der Waals surface area contributed by atoms with Crippen LogP contribution in [-0.2, 0) is 11.0 Å². The molecule has 0 aliphatic rings. The lowest BCUT2D eigenvalue weighted by Crippen LogP contribution is -2.20. The maximum absolute atomic E-state index is 12.5. The van der Waals surface area contributed by atoms with Crippen LogP contribution in [0.15, 0.2) is 47.3 Å². The van der Waals surface area contributed by atoms with Crippen LogP contribution < -0.4 is 15.7 Å². The molecular formula is C16H12F3N3O3. The summed E-state index contributed by atoms with van der Waals surface area (Å²) < 4.78 is 42.5. The number of amides is 1. The summed E-state index contributed by atoms with van der Waals surface area (Å²) in [4.78, 5) is 28.2. The Hall–Kier alpha value is -3.23. The molecule has 0 saturated heterocycles. The third kappa shape index (κ3) is 4.00. The normalized spacial score (nSPS) is 11.5. The number of H-pyrrole nitrogens is 2. The number of aromatic nitrogens is 2. The van der Waals surface area contributed by atoms with E-state index in [2.05, 4.69) is 15.3 Å². The summed E-state index contributed by atoms with van der Waals surface area (Å²) in [5.74, 6) is -0.342. The van der Waals surface area contributed by atoms with Crippen molar-refractivity contribution in [2.24, 2.45) is 0 Å². The van der Waals surface area contributed by atoms with E-state index in [1.54, 1.807) is 18.2 Å². The van der Waals surface area contributed by atoms with Gasteiger partial charge in [0.2, 0.25) is 0 Å². The number of benzene rings is 2. The third-order valence-corrected chi connectivity index (χ3v) is 3.35. The highest BCUT2D eigenvalue weighted by Gasteiger charge is 2.30. The van der Waals surface area contributed by atoms with E-state index in [0.717, 1.165) is 24.3 Å². The Morgan fingerprint density at radius 2 is 1.72 bits per heavy atom. The SMILES string of the molecule is O=C(COc1ccc(C(F)(F)F)cc1)Nc1ccc2[nH]c(=O)[nH]c2c1. The van der Waals surface area contributed by atoms with Crippen LogP contribution in [0.2, 0.25) is 0 Å². The van der Waals surface area contributed by atoms with Gasteiger partial charge in [0.1, 0.15) is 5.75 Å². The first-order valence-electron chi connectivity index (χ1n) is 7.13. The van der Waals surface area contributed by atoms with E-state index in [1.165, 1.54) is 0 Å². The van der Waals surface area contributed by atoms with Crippen LogP contribution in [0.25, 0.3) is 11.0 Å². The second-order valence-electron chi connectivity index (χ2n) is 5.20. The number of ether oxygens (including phenoxy) is 1. The van der Waals surface area contributed by atoms with Crippen molar-refractivity contribution < 1.29 is 22.7 Å². The second-order valence-corrected chi connectivity index (χ2v) is 5.20. The highest BCUT2D eigenvalue weighted by molar-refractivity contribution is 5.93. The number of fused-ring (bicyclic) bond motifs is 1. The van der Waals surface area contributed by atoms with Crippen molar-refractivity contribution in [1.29, 1.82) is 0 Å². The first-order valence-corrected chi connectivity index (χ1v) is 7.13. The van der Waals surface area contributed by atoms with Crippen molar-refractivity contribution in [2.45, 2.75) is 6.18 Å². The fraction of sp³-hybridized carbons (Fsp3) is 0.125. The van der Waals surface area contributed by atoms with Gasteiger partial charge in [0.15, 0.2) is 6.61 Å². The van der Waals surface area contributed by atoms with Crippen molar-refractivity contribution in [1.82, 2.24) is 9.97 Å². The maximum atomic E-state index is 12.5. The van der Waals surface area contributed by atoms with Crippen molar-refractivity contribution in [3.8, 4) is 5.75 Å². The molecule has 3 rings (SSSR count). The predicted octanol–water partition coefficient (Wildman–Crippen LogP) is 2.89. The van der Waals surface area contributed by atoms with Crippen molar-refractivity contribution in [3.05, 3.63) is 58.5 Å². The molecule has 0 atom stereocenters. The van der Waals surface area contributed by atoms with Crippen LogP contribution in [0.1, 0.15) is 5.56 Å². The quantitative estimate of drug-likeness (QED) is 0.675. The Labute approximate surface area is 138 Å². The number of halogens is 3. The van der Waals surface area contributed by atoms with E-state index in [4.69, 9.17) is 4.74 Å². The zero-order chi connectivity index (χ0) is 18.0. The molecule has 9 heteroatoms. The zero-order valence-corrected chi connectivity index (χ0v) is 12.6. The number of imidazole rings is 1. The fourth-order valence-corrected chi connectivity index (χ4v) is 2.20. The van der Waals surface area contributed by atoms with E-state index >= 15 is 0 Å². The van der Waals surface area contributed by atoms with Crippen LogP contribution in [-0.4, -0.2) is 22.5 Å². The molecule has 1 amide bonds. The lowest BCUT2D eigenvalue weighted by Gasteiger charge is -2.09. The average molecular weight is 351 g/mol. The number of anilines is 1. The molecule has 0 spiro atoms. The van der Waals surface area contributed by atoms with E-state index < -0.39 is 17.6 Å². The van der Waals surface area contributed by atoms with Gasteiger partial charge in [-0.3, -0.25) is 4.79 Å². The van der Waals surface area contributed by atoms with Gasteiger partial charge in [-0.05, 0) is 42.5 Å². The highest BCUT2D eigenvalue weighted by atomic mass is 19.4. The molecule has 0 aliphatic carbocycles. The first-order chi connectivity index (χ1) is 11.8. The number of rotatable bonds is 4. The van der Waals surface area contributed by atoms with Gasteiger partial charge in [0, 0.05) is 5.69 Å². The van der Waals surface area contributed by atoms with Crippen LogP contribution in [0.3, 0.4) is 0 Å². The number of aromatic amines is 2. The van der Waals surface area contributed by atoms with Gasteiger partial charge in [0.25, 0.3) is 5.91 Å². The van der Waals surface area contributed by atoms with Crippen molar-refractivity contribution >= 4 is 22.6 Å². The standard InChI is InChI=1S/C16H12F3N3O3/c17-16(18,19)9-1-4-11(5-2-9)25-8-14(23)20-10-3-6-12-13(7-10)22-15(24)21-12/h1-7H,8H2,(H,20,23)(H2,21,22,24). The van der Waals surface area contributed by atoms with Gasteiger partial charge >= 0.3 is 11.9 Å². The van der Waals surface area contributed by atoms with Gasteiger partial charge < -0.3 is 20.0 Å². The van der Waals surface area contributed by atoms with Gasteiger partial charge in [-0.2, -0.15) is 13.2 Å². The Kier molecular flexibility index (Phi) is 4.22. The van der Waals surface area contributed by atoms with Gasteiger partial charge in [0.05, 0.1) is 16.6 Å². The Balaban J connectivity index is 1.59. The molecule has 1 heterocycles. The van der Waals surface area contributed by atoms with Crippen LogP contribution in [0.4, 0.5) is 18.9 Å². The molecule has 3 N–H and O–H groups in total. The minimum Gasteiger partial charge on any atom is -0.484 e. The summed E-state index contributed by atoms with van der Waals surface area (Å²) in [5, 5.41) is 2.57. The maximum Gasteiger partial charge on any atom is 0.416 e. The van der Waals surface area contributed by atoms with E-state index in [1.807, 2.05) is 0 Å². The average Bonchev–Trinajstić information content (AvgIpc) is 2.92. The smallest absolute Gasteiger partial charge is 0.416 e. The van der Waals surface area contributed by atoms with Gasteiger partial charge in [-0.1, -0.05) is 0 Å².